The maximum atomic E-state index is 12.4. The summed E-state index contributed by atoms with van der Waals surface area (Å²) in [7, 11) is 1.58. The fraction of sp³-hybridized carbons (Fsp3) is 0.100. The van der Waals surface area contributed by atoms with Gasteiger partial charge in [-0.3, -0.25) is 14.9 Å². The van der Waals surface area contributed by atoms with Gasteiger partial charge in [0.2, 0.25) is 11.9 Å². The number of nitrogens with one attached hydrogen (secondary N) is 2. The maximum absolute atomic E-state index is 12.4. The number of hydrogen-bond acceptors (Lipinski definition) is 5. The van der Waals surface area contributed by atoms with Gasteiger partial charge in [-0.1, -0.05) is 24.3 Å². The Labute approximate surface area is 159 Å². The third-order valence-electron chi connectivity index (χ3n) is 4.17. The molecule has 4 aromatic rings. The summed E-state index contributed by atoms with van der Waals surface area (Å²) < 4.78 is 6.33. The molecule has 0 unspecified atom stereocenters. The summed E-state index contributed by atoms with van der Waals surface area (Å²) in [6, 6.07) is 17.8. The van der Waals surface area contributed by atoms with E-state index in [4.69, 9.17) is 4.74 Å². The molecule has 0 saturated heterocycles. The number of amides is 1. The van der Waals surface area contributed by atoms with Gasteiger partial charge < -0.3 is 9.72 Å². The van der Waals surface area contributed by atoms with Crippen molar-refractivity contribution in [1.29, 1.82) is 0 Å². The number of ether oxygens (including phenoxy) is 1. The van der Waals surface area contributed by atoms with Crippen LogP contribution in [-0.2, 0) is 11.3 Å². The Kier molecular flexibility index (Phi) is 4.59. The monoisotopic (exact) mass is 375 g/mol. The largest absolute Gasteiger partial charge is 0.497 e. The third kappa shape index (κ3) is 3.61. The number of methoxy groups -OCH3 is 1. The quantitative estimate of drug-likeness (QED) is 0.558. The summed E-state index contributed by atoms with van der Waals surface area (Å²) in [4.78, 5) is 31.8. The summed E-state index contributed by atoms with van der Waals surface area (Å²) in [5.41, 5.74) is 2.54. The molecular formula is C20H17N5O3. The Morgan fingerprint density at radius 3 is 2.82 bits per heavy atom. The molecule has 0 bridgehead atoms. The summed E-state index contributed by atoms with van der Waals surface area (Å²) in [5.74, 6) is 0.597. The van der Waals surface area contributed by atoms with Gasteiger partial charge in [0.1, 0.15) is 12.3 Å². The Morgan fingerprint density at radius 2 is 2.00 bits per heavy atom. The number of nitrogens with zero attached hydrogens (tertiary/aromatic N) is 3. The van der Waals surface area contributed by atoms with Crippen molar-refractivity contribution in [1.82, 2.24) is 19.7 Å². The molecule has 0 fully saturated rings. The van der Waals surface area contributed by atoms with E-state index in [2.05, 4.69) is 20.4 Å². The fourth-order valence-corrected chi connectivity index (χ4v) is 2.82. The topological polar surface area (TPSA) is 102 Å². The van der Waals surface area contributed by atoms with Crippen molar-refractivity contribution in [2.75, 3.05) is 12.4 Å². The summed E-state index contributed by atoms with van der Waals surface area (Å²) in [5, 5.41) is 6.96. The summed E-state index contributed by atoms with van der Waals surface area (Å²) in [6.07, 6.45) is 0. The molecule has 2 N–H and O–H groups in total. The highest BCUT2D eigenvalue weighted by molar-refractivity contribution is 5.90. The van der Waals surface area contributed by atoms with Crippen molar-refractivity contribution in [3.8, 4) is 17.0 Å². The Morgan fingerprint density at radius 1 is 1.14 bits per heavy atom. The van der Waals surface area contributed by atoms with Crippen LogP contribution in [0.15, 0.2) is 65.5 Å². The van der Waals surface area contributed by atoms with Crippen LogP contribution >= 0.6 is 0 Å². The van der Waals surface area contributed by atoms with Gasteiger partial charge in [-0.2, -0.15) is 5.10 Å². The van der Waals surface area contributed by atoms with Gasteiger partial charge in [-0.15, -0.1) is 0 Å². The molecule has 0 radical (unpaired) electrons. The minimum absolute atomic E-state index is 0.228. The molecule has 0 atom stereocenters. The molecule has 1 amide bonds. The summed E-state index contributed by atoms with van der Waals surface area (Å²) in [6.45, 7) is -0.228. The smallest absolute Gasteiger partial charge is 0.267 e. The Hall–Kier alpha value is -3.94. The van der Waals surface area contributed by atoms with Gasteiger partial charge in [-0.05, 0) is 30.3 Å². The Balaban J connectivity index is 1.55. The van der Waals surface area contributed by atoms with Crippen LogP contribution in [0.4, 0.5) is 5.95 Å². The molecular weight excluding hydrogens is 358 g/mol. The Bertz CT molecular complexity index is 1180. The van der Waals surface area contributed by atoms with Crippen LogP contribution in [0.2, 0.25) is 0 Å². The maximum Gasteiger partial charge on any atom is 0.267 e. The van der Waals surface area contributed by atoms with E-state index in [0.29, 0.717) is 17.4 Å². The first-order valence-corrected chi connectivity index (χ1v) is 8.59. The zero-order valence-electron chi connectivity index (χ0n) is 15.0. The van der Waals surface area contributed by atoms with E-state index in [-0.39, 0.29) is 12.1 Å². The number of carbonyl (C=O) groups is 1. The van der Waals surface area contributed by atoms with Gasteiger partial charge in [0.15, 0.2) is 0 Å². The second-order valence-corrected chi connectivity index (χ2v) is 6.10. The lowest BCUT2D eigenvalue weighted by molar-refractivity contribution is -0.117. The molecule has 4 rings (SSSR count). The molecule has 0 aliphatic rings. The average Bonchev–Trinajstić information content (AvgIpc) is 3.11. The van der Waals surface area contributed by atoms with E-state index in [9.17, 15) is 9.59 Å². The predicted molar refractivity (Wildman–Crippen MR) is 105 cm³/mol. The van der Waals surface area contributed by atoms with Crippen LogP contribution in [-0.4, -0.2) is 32.8 Å². The van der Waals surface area contributed by atoms with E-state index in [1.165, 1.54) is 6.07 Å². The highest BCUT2D eigenvalue weighted by atomic mass is 16.5. The normalized spacial score (nSPS) is 10.8. The lowest BCUT2D eigenvalue weighted by Gasteiger charge is -2.08. The molecule has 140 valence electrons. The summed E-state index contributed by atoms with van der Waals surface area (Å²) >= 11 is 0. The molecule has 28 heavy (non-hydrogen) atoms. The number of imidazole rings is 1. The van der Waals surface area contributed by atoms with Gasteiger partial charge in [-0.25, -0.2) is 9.67 Å². The molecule has 2 aromatic carbocycles. The highest BCUT2D eigenvalue weighted by Crippen LogP contribution is 2.21. The van der Waals surface area contributed by atoms with E-state index in [0.717, 1.165) is 21.3 Å². The van der Waals surface area contributed by atoms with Crippen LogP contribution in [0, 0.1) is 0 Å². The second-order valence-electron chi connectivity index (χ2n) is 6.10. The van der Waals surface area contributed by atoms with E-state index in [1.54, 1.807) is 13.2 Å². The molecule has 0 spiro atoms. The predicted octanol–water partition coefficient (Wildman–Crippen LogP) is 2.43. The number of anilines is 1. The number of fused-ring (bicyclic) bond motifs is 1. The van der Waals surface area contributed by atoms with Crippen molar-refractivity contribution < 1.29 is 9.53 Å². The van der Waals surface area contributed by atoms with Gasteiger partial charge in [0.25, 0.3) is 5.56 Å². The number of hydrogen-bond donors (Lipinski definition) is 2. The highest BCUT2D eigenvalue weighted by Gasteiger charge is 2.11. The number of carbonyl (C=O) groups excluding carboxylic acids is 1. The SMILES string of the molecule is COc1cccc(-c2ccc(=O)n(CC(=O)Nc3nc4ccccc4[nH]3)n2)c1. The van der Waals surface area contributed by atoms with Crippen molar-refractivity contribution in [2.45, 2.75) is 6.54 Å². The zero-order chi connectivity index (χ0) is 19.5. The molecule has 0 aliphatic carbocycles. The van der Waals surface area contributed by atoms with E-state index >= 15 is 0 Å². The fourth-order valence-electron chi connectivity index (χ4n) is 2.82. The standard InChI is InChI=1S/C20H17N5O3/c1-28-14-6-4-5-13(11-14)15-9-10-19(27)25(24-15)12-18(26)23-20-21-16-7-2-3-8-17(16)22-20/h2-11H,12H2,1H3,(H2,21,22,23,26). The first kappa shape index (κ1) is 17.5. The molecule has 8 nitrogen and oxygen atoms in total. The first-order valence-electron chi connectivity index (χ1n) is 8.59. The lowest BCUT2D eigenvalue weighted by Crippen LogP contribution is -2.29. The van der Waals surface area contributed by atoms with Crippen LogP contribution in [0.1, 0.15) is 0 Å². The van der Waals surface area contributed by atoms with E-state index in [1.807, 2.05) is 48.5 Å². The van der Waals surface area contributed by atoms with Gasteiger partial charge in [0, 0.05) is 11.6 Å². The first-order chi connectivity index (χ1) is 13.6. The third-order valence-corrected chi connectivity index (χ3v) is 4.17. The van der Waals surface area contributed by atoms with Crippen LogP contribution < -0.4 is 15.6 Å². The number of para-hydroxylation sites is 2. The van der Waals surface area contributed by atoms with Crippen LogP contribution in [0.5, 0.6) is 5.75 Å². The minimum atomic E-state index is -0.406. The number of aromatic amines is 1. The number of rotatable bonds is 5. The van der Waals surface area contributed by atoms with Crippen molar-refractivity contribution in [3.05, 3.63) is 71.0 Å². The molecule has 2 aromatic heterocycles. The second kappa shape index (κ2) is 7.36. The molecule has 0 aliphatic heterocycles. The molecule has 2 heterocycles. The van der Waals surface area contributed by atoms with E-state index < -0.39 is 5.91 Å². The van der Waals surface area contributed by atoms with Crippen molar-refractivity contribution in [2.24, 2.45) is 0 Å². The number of aromatic nitrogens is 4. The van der Waals surface area contributed by atoms with Crippen molar-refractivity contribution in [3.63, 3.8) is 0 Å². The van der Waals surface area contributed by atoms with Crippen LogP contribution in [0.25, 0.3) is 22.3 Å². The molecule has 0 saturated carbocycles. The van der Waals surface area contributed by atoms with Gasteiger partial charge >= 0.3 is 0 Å². The van der Waals surface area contributed by atoms with Crippen molar-refractivity contribution >= 4 is 22.9 Å². The lowest BCUT2D eigenvalue weighted by atomic mass is 10.1. The van der Waals surface area contributed by atoms with Gasteiger partial charge in [0.05, 0.1) is 23.8 Å². The molecule has 8 heteroatoms. The number of benzene rings is 2. The zero-order valence-corrected chi connectivity index (χ0v) is 15.0. The minimum Gasteiger partial charge on any atom is -0.497 e. The van der Waals surface area contributed by atoms with Crippen LogP contribution in [0.3, 0.4) is 0 Å². The number of H-pyrrole nitrogens is 1. The average molecular weight is 375 g/mol.